The number of unbranched alkanes of at least 4 members (excludes halogenated alkanes) is 2. The molecule has 14 heavy (non-hydrogen) atoms. The van der Waals surface area contributed by atoms with E-state index in [0.717, 1.165) is 6.29 Å². The molecule has 0 aromatic carbocycles. The molecule has 0 heterocycles. The van der Waals surface area contributed by atoms with Crippen LogP contribution in [-0.4, -0.2) is 31.1 Å². The molecule has 0 bridgehead atoms. The Morgan fingerprint density at radius 3 is 2.71 bits per heavy atom. The summed E-state index contributed by atoms with van der Waals surface area (Å²) in [6.07, 6.45) is 7.79. The summed E-state index contributed by atoms with van der Waals surface area (Å²) >= 11 is 0. The number of carbonyl (C=O) groups is 1. The van der Waals surface area contributed by atoms with Crippen LogP contribution in [0, 0.1) is 5.92 Å². The Morgan fingerprint density at radius 2 is 2.14 bits per heavy atom. The maximum Gasteiger partial charge on any atom is 0.140 e. The van der Waals surface area contributed by atoms with Gasteiger partial charge in [0.15, 0.2) is 0 Å². The summed E-state index contributed by atoms with van der Waals surface area (Å²) in [7, 11) is 1.81. The van der Waals surface area contributed by atoms with Gasteiger partial charge in [-0.2, -0.15) is 5.10 Å². The lowest BCUT2D eigenvalue weighted by molar-refractivity contribution is -0.108. The molecule has 0 amide bonds. The van der Waals surface area contributed by atoms with Crippen molar-refractivity contribution in [1.29, 1.82) is 0 Å². The Balaban J connectivity index is 3.58. The summed E-state index contributed by atoms with van der Waals surface area (Å²) in [6.45, 7) is 4.74. The molecular weight excluding hydrogens is 176 g/mol. The zero-order chi connectivity index (χ0) is 10.8. The zero-order valence-corrected chi connectivity index (χ0v) is 9.57. The summed E-state index contributed by atoms with van der Waals surface area (Å²) < 4.78 is 0. The van der Waals surface area contributed by atoms with Gasteiger partial charge >= 0.3 is 0 Å². The summed E-state index contributed by atoms with van der Waals surface area (Å²) in [5.74, 6) is 0.510. The van der Waals surface area contributed by atoms with Crippen LogP contribution in [0.25, 0.3) is 0 Å². The molecule has 3 nitrogen and oxygen atoms in total. The SMILES string of the molecule is CCCCCC(C)/C=N\N(C)CC=O. The van der Waals surface area contributed by atoms with E-state index in [1.54, 1.807) is 5.01 Å². The van der Waals surface area contributed by atoms with Gasteiger partial charge < -0.3 is 4.79 Å². The predicted molar refractivity (Wildman–Crippen MR) is 60.5 cm³/mol. The largest absolute Gasteiger partial charge is 0.301 e. The van der Waals surface area contributed by atoms with Gasteiger partial charge in [0.25, 0.3) is 0 Å². The van der Waals surface area contributed by atoms with Gasteiger partial charge in [-0.3, -0.25) is 5.01 Å². The van der Waals surface area contributed by atoms with Crippen molar-refractivity contribution in [2.24, 2.45) is 11.0 Å². The number of nitrogens with zero attached hydrogens (tertiary/aromatic N) is 2. The summed E-state index contributed by atoms with van der Waals surface area (Å²) in [5, 5.41) is 5.83. The Kier molecular flexibility index (Phi) is 8.19. The Bertz CT molecular complexity index is 169. The highest BCUT2D eigenvalue weighted by atomic mass is 16.1. The normalized spacial score (nSPS) is 13.1. The fourth-order valence-electron chi connectivity index (χ4n) is 1.17. The zero-order valence-electron chi connectivity index (χ0n) is 9.57. The molecule has 0 fully saturated rings. The van der Waals surface area contributed by atoms with Crippen molar-refractivity contribution in [2.75, 3.05) is 13.6 Å². The number of aldehydes is 1. The van der Waals surface area contributed by atoms with Crippen molar-refractivity contribution in [3.05, 3.63) is 0 Å². The summed E-state index contributed by atoms with van der Waals surface area (Å²) in [6, 6.07) is 0. The van der Waals surface area contributed by atoms with Gasteiger partial charge in [-0.1, -0.05) is 33.1 Å². The minimum atomic E-state index is 0.373. The maximum absolute atomic E-state index is 10.2. The Morgan fingerprint density at radius 1 is 1.43 bits per heavy atom. The molecule has 0 aliphatic rings. The van der Waals surface area contributed by atoms with E-state index >= 15 is 0 Å². The molecule has 3 heteroatoms. The van der Waals surface area contributed by atoms with Crippen LogP contribution in [0.5, 0.6) is 0 Å². The molecule has 1 atom stereocenters. The molecule has 0 aromatic heterocycles. The van der Waals surface area contributed by atoms with E-state index in [1.807, 2.05) is 13.3 Å². The van der Waals surface area contributed by atoms with Gasteiger partial charge in [0.2, 0.25) is 0 Å². The summed E-state index contributed by atoms with van der Waals surface area (Å²) in [4.78, 5) is 10.2. The van der Waals surface area contributed by atoms with Crippen molar-refractivity contribution in [3.63, 3.8) is 0 Å². The van der Waals surface area contributed by atoms with E-state index in [1.165, 1.54) is 25.7 Å². The number of rotatable bonds is 8. The standard InChI is InChI=1S/C11H22N2O/c1-4-5-6-7-11(2)10-12-13(3)8-9-14/h9-11H,4-8H2,1-3H3/b12-10-. The molecule has 0 saturated heterocycles. The smallest absolute Gasteiger partial charge is 0.140 e. The van der Waals surface area contributed by atoms with Crippen molar-refractivity contribution in [2.45, 2.75) is 39.5 Å². The second kappa shape index (κ2) is 8.73. The first-order valence-electron chi connectivity index (χ1n) is 5.39. The number of hydrogen-bond donors (Lipinski definition) is 0. The highest BCUT2D eigenvalue weighted by Crippen LogP contribution is 2.07. The molecule has 0 N–H and O–H groups in total. The molecule has 1 unspecified atom stereocenters. The van der Waals surface area contributed by atoms with Gasteiger partial charge in [-0.05, 0) is 12.3 Å². The minimum absolute atomic E-state index is 0.373. The first-order chi connectivity index (χ1) is 6.70. The lowest BCUT2D eigenvalue weighted by atomic mass is 10.1. The Hall–Kier alpha value is -0.860. The van der Waals surface area contributed by atoms with E-state index in [-0.39, 0.29) is 0 Å². The molecule has 0 radical (unpaired) electrons. The van der Waals surface area contributed by atoms with Crippen LogP contribution in [0.4, 0.5) is 0 Å². The first-order valence-corrected chi connectivity index (χ1v) is 5.39. The molecule has 0 saturated carbocycles. The quantitative estimate of drug-likeness (QED) is 0.259. The first kappa shape index (κ1) is 13.1. The topological polar surface area (TPSA) is 32.7 Å². The van der Waals surface area contributed by atoms with E-state index in [9.17, 15) is 4.79 Å². The van der Waals surface area contributed by atoms with Crippen molar-refractivity contribution < 1.29 is 4.79 Å². The second-order valence-corrected chi connectivity index (χ2v) is 3.74. The molecule has 0 aliphatic carbocycles. The summed E-state index contributed by atoms with van der Waals surface area (Å²) in [5.41, 5.74) is 0. The van der Waals surface area contributed by atoms with Crippen molar-refractivity contribution in [1.82, 2.24) is 5.01 Å². The molecule has 0 rings (SSSR count). The number of likely N-dealkylation sites (N-methyl/N-ethyl adjacent to an activating group) is 1. The second-order valence-electron chi connectivity index (χ2n) is 3.74. The van der Waals surface area contributed by atoms with Crippen LogP contribution in [0.3, 0.4) is 0 Å². The molecule has 82 valence electrons. The average molecular weight is 198 g/mol. The average Bonchev–Trinajstić information content (AvgIpc) is 2.16. The lowest BCUT2D eigenvalue weighted by Gasteiger charge is -2.10. The van der Waals surface area contributed by atoms with Gasteiger partial charge in [0, 0.05) is 13.3 Å². The van der Waals surface area contributed by atoms with Crippen LogP contribution in [-0.2, 0) is 4.79 Å². The third kappa shape index (κ3) is 7.77. The van der Waals surface area contributed by atoms with Crippen LogP contribution in [0.1, 0.15) is 39.5 Å². The lowest BCUT2D eigenvalue weighted by Crippen LogP contribution is -2.14. The monoisotopic (exact) mass is 198 g/mol. The fraction of sp³-hybridized carbons (Fsp3) is 0.818. The van der Waals surface area contributed by atoms with E-state index in [4.69, 9.17) is 0 Å². The molecule has 0 aliphatic heterocycles. The molecular formula is C11H22N2O. The van der Waals surface area contributed by atoms with E-state index in [0.29, 0.717) is 12.5 Å². The highest BCUT2D eigenvalue weighted by molar-refractivity contribution is 5.60. The van der Waals surface area contributed by atoms with Gasteiger partial charge in [0.05, 0.1) is 6.54 Å². The van der Waals surface area contributed by atoms with Gasteiger partial charge in [0.1, 0.15) is 6.29 Å². The van der Waals surface area contributed by atoms with Crippen LogP contribution in [0.2, 0.25) is 0 Å². The van der Waals surface area contributed by atoms with Gasteiger partial charge in [-0.15, -0.1) is 0 Å². The third-order valence-electron chi connectivity index (χ3n) is 2.12. The maximum atomic E-state index is 10.2. The van der Waals surface area contributed by atoms with E-state index in [2.05, 4.69) is 18.9 Å². The van der Waals surface area contributed by atoms with Crippen LogP contribution >= 0.6 is 0 Å². The van der Waals surface area contributed by atoms with Crippen molar-refractivity contribution in [3.8, 4) is 0 Å². The molecule has 0 spiro atoms. The van der Waals surface area contributed by atoms with Gasteiger partial charge in [-0.25, -0.2) is 0 Å². The molecule has 0 aromatic rings. The van der Waals surface area contributed by atoms with Crippen LogP contribution < -0.4 is 0 Å². The van der Waals surface area contributed by atoms with Crippen molar-refractivity contribution >= 4 is 12.5 Å². The van der Waals surface area contributed by atoms with Crippen LogP contribution in [0.15, 0.2) is 5.10 Å². The number of carbonyl (C=O) groups excluding carboxylic acids is 1. The number of hydrazone groups is 1. The minimum Gasteiger partial charge on any atom is -0.301 e. The third-order valence-corrected chi connectivity index (χ3v) is 2.12. The Labute approximate surface area is 87.2 Å². The highest BCUT2D eigenvalue weighted by Gasteiger charge is 1.98. The van der Waals surface area contributed by atoms with E-state index < -0.39 is 0 Å². The number of hydrogen-bond acceptors (Lipinski definition) is 3. The fourth-order valence-corrected chi connectivity index (χ4v) is 1.17. The predicted octanol–water partition coefficient (Wildman–Crippen LogP) is 2.32.